The number of para-hydroxylation sites is 1. The van der Waals surface area contributed by atoms with E-state index in [9.17, 15) is 14.4 Å². The van der Waals surface area contributed by atoms with Gasteiger partial charge < -0.3 is 18.9 Å². The summed E-state index contributed by atoms with van der Waals surface area (Å²) in [5.41, 5.74) is 6.33. The van der Waals surface area contributed by atoms with Gasteiger partial charge in [-0.1, -0.05) is 55.9 Å². The molecule has 0 atom stereocenters. The number of hydrogen-bond acceptors (Lipinski definition) is 11. The average Bonchev–Trinajstić information content (AvgIpc) is 3.60. The van der Waals surface area contributed by atoms with Crippen LogP contribution in [0, 0.1) is 0 Å². The molecule has 0 fully saturated rings. The molecular formula is C42H43N3O7S. The minimum atomic E-state index is -0.556. The zero-order chi connectivity index (χ0) is 37.3. The zero-order valence-electron chi connectivity index (χ0n) is 29.8. The van der Waals surface area contributed by atoms with Crippen LogP contribution in [-0.2, 0) is 16.0 Å². The van der Waals surface area contributed by atoms with Crippen LogP contribution in [0.5, 0.6) is 17.2 Å². The molecular weight excluding hydrogens is 691 g/mol. The standard InChI is InChI=1S/C42H43N3O7S/c1-3-5-8-13-30-16-25-37(33(28-30)29-43-45-42-44-36-14-9-10-15-38(36)53-42)52-41(48)32-19-23-35(24-20-32)51-40(47)31-17-21-34(22-18-31)49-26-11-6-7-12-27-50-39(46)4-2/h4,9-10,14-25,28-29H,2-3,5-8,11-13,26-27H2,1H3,(H,44,45)/b43-29+. The van der Waals surface area contributed by atoms with Crippen LogP contribution in [-0.4, -0.2) is 42.3 Å². The first kappa shape index (κ1) is 38.4. The predicted octanol–water partition coefficient (Wildman–Crippen LogP) is 9.58. The molecule has 274 valence electrons. The van der Waals surface area contributed by atoms with Crippen LogP contribution in [0.25, 0.3) is 10.2 Å². The molecule has 0 aliphatic carbocycles. The Balaban J connectivity index is 1.12. The molecule has 11 heteroatoms. The molecule has 0 aliphatic rings. The zero-order valence-corrected chi connectivity index (χ0v) is 30.6. The highest BCUT2D eigenvalue weighted by molar-refractivity contribution is 7.22. The smallest absolute Gasteiger partial charge is 0.343 e. The van der Waals surface area contributed by atoms with Crippen molar-refractivity contribution in [1.29, 1.82) is 0 Å². The van der Waals surface area contributed by atoms with Gasteiger partial charge in [0.2, 0.25) is 5.13 Å². The van der Waals surface area contributed by atoms with E-state index in [2.05, 4.69) is 29.0 Å². The number of benzene rings is 4. The van der Waals surface area contributed by atoms with Gasteiger partial charge in [-0.2, -0.15) is 5.10 Å². The van der Waals surface area contributed by atoms with Crippen LogP contribution < -0.4 is 19.6 Å². The second-order valence-electron chi connectivity index (χ2n) is 12.1. The maximum Gasteiger partial charge on any atom is 0.343 e. The highest BCUT2D eigenvalue weighted by Crippen LogP contribution is 2.26. The number of esters is 3. The van der Waals surface area contributed by atoms with Crippen molar-refractivity contribution in [2.45, 2.75) is 58.3 Å². The number of anilines is 1. The lowest BCUT2D eigenvalue weighted by molar-refractivity contribution is -0.137. The van der Waals surface area contributed by atoms with Crippen molar-refractivity contribution in [1.82, 2.24) is 4.98 Å². The number of ether oxygens (including phenoxy) is 4. The molecule has 1 heterocycles. The number of hydrogen-bond donors (Lipinski definition) is 1. The summed E-state index contributed by atoms with van der Waals surface area (Å²) < 4.78 is 23.2. The molecule has 5 aromatic rings. The van der Waals surface area contributed by atoms with Crippen molar-refractivity contribution in [3.8, 4) is 17.2 Å². The minimum Gasteiger partial charge on any atom is -0.494 e. The summed E-state index contributed by atoms with van der Waals surface area (Å²) in [4.78, 5) is 41.6. The fourth-order valence-electron chi connectivity index (χ4n) is 5.25. The fraction of sp³-hybridized carbons (Fsp3) is 0.262. The van der Waals surface area contributed by atoms with Gasteiger partial charge in [0, 0.05) is 11.6 Å². The molecule has 0 radical (unpaired) electrons. The van der Waals surface area contributed by atoms with Gasteiger partial charge in [0.05, 0.1) is 40.8 Å². The molecule has 5 rings (SSSR count). The molecule has 4 aromatic carbocycles. The Labute approximate surface area is 313 Å². The van der Waals surface area contributed by atoms with Crippen LogP contribution in [0.4, 0.5) is 5.13 Å². The van der Waals surface area contributed by atoms with E-state index in [0.717, 1.165) is 73.2 Å². The number of nitrogens with zero attached hydrogens (tertiary/aromatic N) is 2. The third kappa shape index (κ3) is 12.1. The number of carbonyl (C=O) groups is 3. The van der Waals surface area contributed by atoms with E-state index in [0.29, 0.717) is 46.5 Å². The third-order valence-corrected chi connectivity index (χ3v) is 9.05. The number of hydrazone groups is 1. The van der Waals surface area contributed by atoms with Gasteiger partial charge in [0.1, 0.15) is 17.2 Å². The maximum absolute atomic E-state index is 13.2. The lowest BCUT2D eigenvalue weighted by atomic mass is 10.0. The van der Waals surface area contributed by atoms with Crippen molar-refractivity contribution in [3.05, 3.63) is 126 Å². The first-order chi connectivity index (χ1) is 25.9. The van der Waals surface area contributed by atoms with Crippen LogP contribution in [0.1, 0.15) is 83.7 Å². The van der Waals surface area contributed by atoms with E-state index in [1.54, 1.807) is 60.8 Å². The minimum absolute atomic E-state index is 0.288. The first-order valence-electron chi connectivity index (χ1n) is 17.8. The lowest BCUT2D eigenvalue weighted by Gasteiger charge is -2.11. The van der Waals surface area contributed by atoms with E-state index in [1.165, 1.54) is 11.3 Å². The molecule has 0 aliphatic heterocycles. The number of aryl methyl sites for hydroxylation is 1. The van der Waals surface area contributed by atoms with E-state index in [-0.39, 0.29) is 5.75 Å². The summed E-state index contributed by atoms with van der Waals surface area (Å²) in [6, 6.07) is 26.5. The highest BCUT2D eigenvalue weighted by atomic mass is 32.1. The quantitative estimate of drug-likeness (QED) is 0.0208. The van der Waals surface area contributed by atoms with E-state index in [4.69, 9.17) is 18.9 Å². The molecule has 1 aromatic heterocycles. The second kappa shape index (κ2) is 20.3. The predicted molar refractivity (Wildman–Crippen MR) is 208 cm³/mol. The van der Waals surface area contributed by atoms with Crippen molar-refractivity contribution >= 4 is 50.8 Å². The molecule has 0 amide bonds. The summed E-state index contributed by atoms with van der Waals surface area (Å²) in [5.74, 6) is -0.188. The van der Waals surface area contributed by atoms with E-state index in [1.807, 2.05) is 36.4 Å². The number of carbonyl (C=O) groups excluding carboxylic acids is 3. The van der Waals surface area contributed by atoms with Gasteiger partial charge in [0.25, 0.3) is 0 Å². The van der Waals surface area contributed by atoms with E-state index >= 15 is 0 Å². The van der Waals surface area contributed by atoms with Gasteiger partial charge in [-0.05, 0) is 117 Å². The third-order valence-electron chi connectivity index (χ3n) is 8.11. The Hall–Kier alpha value is -5.81. The Kier molecular flexibility index (Phi) is 14.7. The van der Waals surface area contributed by atoms with Crippen LogP contribution in [0.15, 0.2) is 109 Å². The van der Waals surface area contributed by atoms with Gasteiger partial charge in [-0.15, -0.1) is 0 Å². The number of nitrogens with one attached hydrogen (secondary N) is 1. The van der Waals surface area contributed by atoms with E-state index < -0.39 is 17.9 Å². The lowest BCUT2D eigenvalue weighted by Crippen LogP contribution is -2.11. The van der Waals surface area contributed by atoms with Crippen molar-refractivity contribution < 1.29 is 33.3 Å². The normalized spacial score (nSPS) is 11.0. The Morgan fingerprint density at radius 3 is 2.21 bits per heavy atom. The van der Waals surface area contributed by atoms with Crippen molar-refractivity contribution in [2.24, 2.45) is 5.10 Å². The first-order valence-corrected chi connectivity index (χ1v) is 18.6. The molecule has 0 spiro atoms. The molecule has 0 saturated heterocycles. The number of unbranched alkanes of at least 4 members (excludes halogenated alkanes) is 5. The summed E-state index contributed by atoms with van der Waals surface area (Å²) in [7, 11) is 0. The molecule has 0 saturated carbocycles. The number of fused-ring (bicyclic) bond motifs is 1. The highest BCUT2D eigenvalue weighted by Gasteiger charge is 2.14. The maximum atomic E-state index is 13.2. The summed E-state index contributed by atoms with van der Waals surface area (Å²) in [6.45, 7) is 6.46. The number of thiazole rings is 1. The van der Waals surface area contributed by atoms with Crippen LogP contribution in [0.2, 0.25) is 0 Å². The van der Waals surface area contributed by atoms with Crippen molar-refractivity contribution in [2.75, 3.05) is 18.6 Å². The van der Waals surface area contributed by atoms with Crippen LogP contribution in [0.3, 0.4) is 0 Å². The van der Waals surface area contributed by atoms with Gasteiger partial charge in [-0.25, -0.2) is 19.4 Å². The second-order valence-corrected chi connectivity index (χ2v) is 13.2. The monoisotopic (exact) mass is 733 g/mol. The number of rotatable bonds is 20. The van der Waals surface area contributed by atoms with Crippen LogP contribution >= 0.6 is 11.3 Å². The van der Waals surface area contributed by atoms with Gasteiger partial charge in [-0.3, -0.25) is 5.43 Å². The molecule has 10 nitrogen and oxygen atoms in total. The Morgan fingerprint density at radius 2 is 1.49 bits per heavy atom. The number of aromatic nitrogens is 1. The molecule has 1 N–H and O–H groups in total. The summed E-state index contributed by atoms with van der Waals surface area (Å²) >= 11 is 1.50. The fourth-order valence-corrected chi connectivity index (χ4v) is 6.07. The SMILES string of the molecule is C=CC(=O)OCCCCCCOc1ccc(C(=O)Oc2ccc(C(=O)Oc3ccc(CCCCC)cc3/C=N/Nc3nc4ccccc4s3)cc2)cc1. The Morgan fingerprint density at radius 1 is 0.792 bits per heavy atom. The van der Waals surface area contributed by atoms with Crippen molar-refractivity contribution in [3.63, 3.8) is 0 Å². The molecule has 0 bridgehead atoms. The topological polar surface area (TPSA) is 125 Å². The Bertz CT molecular complexity index is 1970. The average molecular weight is 734 g/mol. The summed E-state index contributed by atoms with van der Waals surface area (Å²) in [5, 5.41) is 5.06. The van der Waals surface area contributed by atoms with Gasteiger partial charge in [0.15, 0.2) is 0 Å². The molecule has 53 heavy (non-hydrogen) atoms. The largest absolute Gasteiger partial charge is 0.494 e. The molecule has 0 unspecified atom stereocenters. The summed E-state index contributed by atoms with van der Waals surface area (Å²) in [6.07, 6.45) is 10.5. The van der Waals surface area contributed by atoms with Gasteiger partial charge >= 0.3 is 17.9 Å².